The zero-order valence-electron chi connectivity index (χ0n) is 10.6. The second-order valence-electron chi connectivity index (χ2n) is 4.71. The highest BCUT2D eigenvalue weighted by atomic mass is 16.7. The van der Waals surface area contributed by atoms with E-state index in [1.807, 2.05) is 7.05 Å². The summed E-state index contributed by atoms with van der Waals surface area (Å²) in [6.07, 6.45) is 1.78. The first-order valence-electron chi connectivity index (χ1n) is 6.53. The molecule has 0 saturated carbocycles. The molecule has 0 aromatic heterocycles. The lowest BCUT2D eigenvalue weighted by Gasteiger charge is -2.20. The lowest BCUT2D eigenvalue weighted by Crippen LogP contribution is -2.23. The Balaban J connectivity index is 1.74. The molecule has 0 spiro atoms. The van der Waals surface area contributed by atoms with Crippen molar-refractivity contribution >= 4 is 0 Å². The molecule has 18 heavy (non-hydrogen) atoms. The van der Waals surface area contributed by atoms with Crippen LogP contribution in [0, 0.1) is 0 Å². The summed E-state index contributed by atoms with van der Waals surface area (Å²) in [5, 5.41) is 3.34. The predicted molar refractivity (Wildman–Crippen MR) is 67.8 cm³/mol. The Hall–Kier alpha value is -1.10. The van der Waals surface area contributed by atoms with Gasteiger partial charge in [-0.05, 0) is 24.2 Å². The lowest BCUT2D eigenvalue weighted by molar-refractivity contribution is -0.0526. The quantitative estimate of drug-likeness (QED) is 0.880. The Labute approximate surface area is 107 Å². The summed E-state index contributed by atoms with van der Waals surface area (Å²) < 4.78 is 16.6. The first kappa shape index (κ1) is 12.0. The molecule has 0 aliphatic carbocycles. The molecule has 4 nitrogen and oxygen atoms in total. The van der Waals surface area contributed by atoms with Gasteiger partial charge >= 0.3 is 0 Å². The van der Waals surface area contributed by atoms with Crippen molar-refractivity contribution in [2.24, 2.45) is 0 Å². The minimum atomic E-state index is -0.0769. The molecule has 4 heteroatoms. The maximum atomic E-state index is 5.53. The molecule has 1 aromatic rings. The molecule has 0 amide bonds. The summed E-state index contributed by atoms with van der Waals surface area (Å²) in [7, 11) is 1.98. The van der Waals surface area contributed by atoms with Gasteiger partial charge in [0.1, 0.15) is 5.75 Å². The van der Waals surface area contributed by atoms with Gasteiger partial charge in [0, 0.05) is 18.9 Å². The van der Waals surface area contributed by atoms with Crippen LogP contribution >= 0.6 is 0 Å². The third-order valence-electron chi connectivity index (χ3n) is 3.58. The fourth-order valence-electron chi connectivity index (χ4n) is 2.58. The van der Waals surface area contributed by atoms with Crippen LogP contribution in [0.4, 0.5) is 0 Å². The Morgan fingerprint density at radius 3 is 2.89 bits per heavy atom. The molecule has 0 radical (unpaired) electrons. The van der Waals surface area contributed by atoms with Crippen LogP contribution in [0.1, 0.15) is 23.6 Å². The van der Waals surface area contributed by atoms with Gasteiger partial charge in [0.15, 0.2) is 6.29 Å². The number of ether oxygens (including phenoxy) is 3. The molecule has 1 N–H and O–H groups in total. The van der Waals surface area contributed by atoms with Crippen molar-refractivity contribution < 1.29 is 14.2 Å². The van der Waals surface area contributed by atoms with E-state index in [0.717, 1.165) is 25.2 Å². The standard InChI is InChI=1S/C14H19NO3/c1-15-12(9-14-17-6-7-18-14)10-2-3-13-11(8-10)4-5-16-13/h2-3,8,12,14-15H,4-7,9H2,1H3. The van der Waals surface area contributed by atoms with E-state index in [-0.39, 0.29) is 12.3 Å². The Morgan fingerprint density at radius 1 is 1.28 bits per heavy atom. The van der Waals surface area contributed by atoms with Gasteiger partial charge in [-0.25, -0.2) is 0 Å². The van der Waals surface area contributed by atoms with Gasteiger partial charge < -0.3 is 19.5 Å². The highest BCUT2D eigenvalue weighted by Gasteiger charge is 2.23. The molecule has 1 atom stereocenters. The van der Waals surface area contributed by atoms with Crippen LogP contribution in [-0.4, -0.2) is 33.2 Å². The molecule has 1 saturated heterocycles. The molecule has 2 heterocycles. The Kier molecular flexibility index (Phi) is 3.50. The zero-order chi connectivity index (χ0) is 12.4. The molecule has 3 rings (SSSR count). The van der Waals surface area contributed by atoms with Crippen molar-refractivity contribution in [1.82, 2.24) is 5.32 Å². The van der Waals surface area contributed by atoms with Crippen molar-refractivity contribution in [2.75, 3.05) is 26.9 Å². The second-order valence-corrected chi connectivity index (χ2v) is 4.71. The van der Waals surface area contributed by atoms with Gasteiger partial charge in [0.25, 0.3) is 0 Å². The first-order chi connectivity index (χ1) is 8.86. The molecular formula is C14H19NO3. The van der Waals surface area contributed by atoms with Crippen LogP contribution in [0.15, 0.2) is 18.2 Å². The minimum Gasteiger partial charge on any atom is -0.493 e. The molecule has 2 aliphatic rings. The number of fused-ring (bicyclic) bond motifs is 1. The van der Waals surface area contributed by atoms with Gasteiger partial charge in [0.05, 0.1) is 19.8 Å². The summed E-state index contributed by atoms with van der Waals surface area (Å²) in [6.45, 7) is 2.22. The van der Waals surface area contributed by atoms with E-state index in [0.29, 0.717) is 13.2 Å². The third-order valence-corrected chi connectivity index (χ3v) is 3.58. The van der Waals surface area contributed by atoms with Crippen molar-refractivity contribution in [3.63, 3.8) is 0 Å². The Morgan fingerprint density at radius 2 is 2.11 bits per heavy atom. The van der Waals surface area contributed by atoms with Crippen molar-refractivity contribution in [3.8, 4) is 5.75 Å². The van der Waals surface area contributed by atoms with Crippen LogP contribution < -0.4 is 10.1 Å². The van der Waals surface area contributed by atoms with E-state index in [1.165, 1.54) is 11.1 Å². The number of rotatable bonds is 4. The molecule has 1 unspecified atom stereocenters. The largest absolute Gasteiger partial charge is 0.493 e. The normalized spacial score (nSPS) is 20.7. The SMILES string of the molecule is CNC(CC1OCCO1)c1ccc2c(c1)CCO2. The fourth-order valence-corrected chi connectivity index (χ4v) is 2.58. The van der Waals surface area contributed by atoms with Crippen LogP contribution in [-0.2, 0) is 15.9 Å². The summed E-state index contributed by atoms with van der Waals surface area (Å²) in [5.41, 5.74) is 2.59. The maximum absolute atomic E-state index is 5.53. The van der Waals surface area contributed by atoms with E-state index < -0.39 is 0 Å². The van der Waals surface area contributed by atoms with Crippen LogP contribution in [0.3, 0.4) is 0 Å². The summed E-state index contributed by atoms with van der Waals surface area (Å²) >= 11 is 0. The number of benzene rings is 1. The van der Waals surface area contributed by atoms with Crippen LogP contribution in [0.5, 0.6) is 5.75 Å². The highest BCUT2D eigenvalue weighted by Crippen LogP contribution is 2.30. The first-order valence-corrected chi connectivity index (χ1v) is 6.53. The predicted octanol–water partition coefficient (Wildman–Crippen LogP) is 1.65. The van der Waals surface area contributed by atoms with Gasteiger partial charge in [-0.3, -0.25) is 0 Å². The molecule has 1 fully saturated rings. The molecular weight excluding hydrogens is 230 g/mol. The third kappa shape index (κ3) is 2.36. The number of nitrogens with one attached hydrogen (secondary N) is 1. The topological polar surface area (TPSA) is 39.7 Å². The smallest absolute Gasteiger partial charge is 0.159 e. The molecule has 0 bridgehead atoms. The van der Waals surface area contributed by atoms with E-state index in [4.69, 9.17) is 14.2 Å². The van der Waals surface area contributed by atoms with Crippen LogP contribution in [0.25, 0.3) is 0 Å². The molecule has 2 aliphatic heterocycles. The van der Waals surface area contributed by atoms with Gasteiger partial charge in [-0.1, -0.05) is 12.1 Å². The minimum absolute atomic E-state index is 0.0769. The van der Waals surface area contributed by atoms with Gasteiger partial charge in [-0.15, -0.1) is 0 Å². The fraction of sp³-hybridized carbons (Fsp3) is 0.571. The van der Waals surface area contributed by atoms with Gasteiger partial charge in [-0.2, -0.15) is 0 Å². The summed E-state index contributed by atoms with van der Waals surface area (Å²) in [4.78, 5) is 0. The maximum Gasteiger partial charge on any atom is 0.159 e. The second kappa shape index (κ2) is 5.26. The van der Waals surface area contributed by atoms with Gasteiger partial charge in [0.2, 0.25) is 0 Å². The monoisotopic (exact) mass is 249 g/mol. The molecule has 1 aromatic carbocycles. The number of hydrogen-bond donors (Lipinski definition) is 1. The number of hydrogen-bond acceptors (Lipinski definition) is 4. The average Bonchev–Trinajstić information content (AvgIpc) is 3.06. The van der Waals surface area contributed by atoms with E-state index in [1.54, 1.807) is 0 Å². The lowest BCUT2D eigenvalue weighted by atomic mass is 10.00. The zero-order valence-corrected chi connectivity index (χ0v) is 10.6. The highest BCUT2D eigenvalue weighted by molar-refractivity contribution is 5.40. The average molecular weight is 249 g/mol. The molecule has 98 valence electrons. The summed E-state index contributed by atoms with van der Waals surface area (Å²) in [5.74, 6) is 1.03. The van der Waals surface area contributed by atoms with Crippen molar-refractivity contribution in [1.29, 1.82) is 0 Å². The van der Waals surface area contributed by atoms with E-state index in [9.17, 15) is 0 Å². The Bertz CT molecular complexity index is 416. The van der Waals surface area contributed by atoms with Crippen molar-refractivity contribution in [3.05, 3.63) is 29.3 Å². The van der Waals surface area contributed by atoms with E-state index >= 15 is 0 Å². The summed E-state index contributed by atoms with van der Waals surface area (Å²) in [6, 6.07) is 6.69. The van der Waals surface area contributed by atoms with Crippen molar-refractivity contribution in [2.45, 2.75) is 25.2 Å². The van der Waals surface area contributed by atoms with E-state index in [2.05, 4.69) is 23.5 Å². The van der Waals surface area contributed by atoms with Crippen LogP contribution in [0.2, 0.25) is 0 Å².